The van der Waals surface area contributed by atoms with Crippen molar-refractivity contribution in [2.24, 2.45) is 0 Å². The first-order valence-corrected chi connectivity index (χ1v) is 12.5. The average Bonchev–Trinajstić information content (AvgIpc) is 3.24. The van der Waals surface area contributed by atoms with Gasteiger partial charge in [-0.1, -0.05) is 50.1 Å². The van der Waals surface area contributed by atoms with Crippen molar-refractivity contribution in [1.29, 1.82) is 0 Å². The van der Waals surface area contributed by atoms with Crippen molar-refractivity contribution in [2.75, 3.05) is 12.7 Å². The highest BCUT2D eigenvalue weighted by Gasteiger charge is 2.40. The molecule has 8 nitrogen and oxygen atoms in total. The number of likely N-dealkylation sites (tertiary alicyclic amines) is 1. The number of aryl methyl sites for hydroxylation is 1. The van der Waals surface area contributed by atoms with Gasteiger partial charge in [-0.2, -0.15) is 0 Å². The van der Waals surface area contributed by atoms with E-state index in [0.29, 0.717) is 25.7 Å². The predicted octanol–water partition coefficient (Wildman–Crippen LogP) is 2.60. The van der Waals surface area contributed by atoms with Crippen molar-refractivity contribution in [2.45, 2.75) is 69.8 Å². The topological polar surface area (TPSA) is 124 Å². The third kappa shape index (κ3) is 7.47. The molecule has 0 aliphatic carbocycles. The lowest BCUT2D eigenvalue weighted by atomic mass is 10.1. The van der Waals surface area contributed by atoms with Crippen LogP contribution in [0.25, 0.3) is 0 Å². The van der Waals surface area contributed by atoms with E-state index < -0.39 is 43.3 Å². The van der Waals surface area contributed by atoms with Gasteiger partial charge in [0.25, 0.3) is 0 Å². The quantitative estimate of drug-likeness (QED) is 0.254. The van der Waals surface area contributed by atoms with Gasteiger partial charge in [-0.05, 0) is 31.2 Å². The number of hydrogen-bond acceptors (Lipinski definition) is 5. The zero-order valence-electron chi connectivity index (χ0n) is 18.0. The maximum absolute atomic E-state index is 13.1. The van der Waals surface area contributed by atoms with E-state index in [1.165, 1.54) is 4.90 Å². The van der Waals surface area contributed by atoms with Crippen LogP contribution in [0.15, 0.2) is 30.3 Å². The molecule has 1 heterocycles. The van der Waals surface area contributed by atoms with Crippen LogP contribution in [0.5, 0.6) is 0 Å². The normalized spacial score (nSPS) is 18.9. The molecule has 172 valence electrons. The summed E-state index contributed by atoms with van der Waals surface area (Å²) in [6.07, 6.45) is 3.50. The number of benzene rings is 1. The van der Waals surface area contributed by atoms with E-state index in [-0.39, 0.29) is 19.4 Å². The largest absolute Gasteiger partial charge is 0.480 e. The van der Waals surface area contributed by atoms with Gasteiger partial charge in [0.1, 0.15) is 13.8 Å². The molecule has 0 bridgehead atoms. The zero-order valence-corrected chi connectivity index (χ0v) is 19.0. The molecule has 1 aromatic rings. The number of rotatable bonds is 12. The molecular weight excluding hydrogens is 419 g/mol. The van der Waals surface area contributed by atoms with Crippen LogP contribution in [0.2, 0.25) is 0 Å². The van der Waals surface area contributed by atoms with Crippen molar-refractivity contribution in [3.8, 4) is 0 Å². The van der Waals surface area contributed by atoms with E-state index in [9.17, 15) is 29.2 Å². The number of amides is 2. The van der Waals surface area contributed by atoms with E-state index in [4.69, 9.17) is 0 Å². The van der Waals surface area contributed by atoms with Crippen molar-refractivity contribution in [3.63, 3.8) is 0 Å². The first kappa shape index (κ1) is 25.1. The summed E-state index contributed by atoms with van der Waals surface area (Å²) < 4.78 is 13.1. The number of aliphatic carboxylic acids is 1. The van der Waals surface area contributed by atoms with Gasteiger partial charge in [-0.3, -0.25) is 9.59 Å². The number of carboxylic acids is 1. The molecule has 1 saturated heterocycles. The number of nitrogens with zero attached hydrogens (tertiary/aromatic N) is 1. The van der Waals surface area contributed by atoms with Crippen molar-refractivity contribution < 1.29 is 29.2 Å². The Morgan fingerprint density at radius 3 is 2.58 bits per heavy atom. The summed E-state index contributed by atoms with van der Waals surface area (Å²) >= 11 is 0. The standard InChI is InChI=1S/C22H33N2O6P/c1-2-3-5-12-19(25)23-22(29,14-13-17-9-6-4-7-10-17)31(30)16-20(26)24-15-8-11-18(24)21(27)28/h4,6-7,9-10,18,29,31H,2-3,5,8,11-16H2,1H3,(H,23,25)(H,27,28)/t18-,22?/m0/s1. The molecule has 1 aliphatic heterocycles. The van der Waals surface area contributed by atoms with E-state index in [1.54, 1.807) is 0 Å². The summed E-state index contributed by atoms with van der Waals surface area (Å²) in [4.78, 5) is 37.6. The fourth-order valence-corrected chi connectivity index (χ4v) is 5.23. The Bertz CT molecular complexity index is 787. The predicted molar refractivity (Wildman–Crippen MR) is 118 cm³/mol. The minimum Gasteiger partial charge on any atom is -0.480 e. The van der Waals surface area contributed by atoms with Gasteiger partial charge in [0.2, 0.25) is 11.8 Å². The van der Waals surface area contributed by atoms with Crippen molar-refractivity contribution in [1.82, 2.24) is 10.2 Å². The molecule has 31 heavy (non-hydrogen) atoms. The van der Waals surface area contributed by atoms with Crippen molar-refractivity contribution in [3.05, 3.63) is 35.9 Å². The summed E-state index contributed by atoms with van der Waals surface area (Å²) in [5.41, 5.74) is -1.09. The van der Waals surface area contributed by atoms with Gasteiger partial charge in [0, 0.05) is 19.4 Å². The molecule has 0 saturated carbocycles. The fraction of sp³-hybridized carbons (Fsp3) is 0.591. The molecule has 0 radical (unpaired) electrons. The lowest BCUT2D eigenvalue weighted by molar-refractivity contribution is -0.147. The van der Waals surface area contributed by atoms with E-state index >= 15 is 0 Å². The van der Waals surface area contributed by atoms with Gasteiger partial charge in [-0.15, -0.1) is 0 Å². The molecule has 2 unspecified atom stereocenters. The molecule has 3 N–H and O–H groups in total. The van der Waals surface area contributed by atoms with Crippen LogP contribution < -0.4 is 5.32 Å². The Balaban J connectivity index is 2.09. The summed E-state index contributed by atoms with van der Waals surface area (Å²) in [6, 6.07) is 8.37. The number of carboxylic acid groups (broad SMARTS) is 1. The highest BCUT2D eigenvalue weighted by Crippen LogP contribution is 2.39. The molecule has 3 atom stereocenters. The molecule has 1 aromatic carbocycles. The smallest absolute Gasteiger partial charge is 0.326 e. The Morgan fingerprint density at radius 1 is 1.23 bits per heavy atom. The van der Waals surface area contributed by atoms with Gasteiger partial charge in [0.15, 0.2) is 5.47 Å². The van der Waals surface area contributed by atoms with Crippen LogP contribution in [0.1, 0.15) is 57.4 Å². The third-order valence-corrected chi connectivity index (χ3v) is 7.52. The highest BCUT2D eigenvalue weighted by atomic mass is 31.1. The number of aliphatic hydroxyl groups is 1. The Kier molecular flexibility index (Phi) is 9.72. The first-order valence-electron chi connectivity index (χ1n) is 10.9. The number of carbonyl (C=O) groups excluding carboxylic acids is 2. The molecule has 2 amide bonds. The monoisotopic (exact) mass is 452 g/mol. The fourth-order valence-electron chi connectivity index (χ4n) is 3.78. The second kappa shape index (κ2) is 12.0. The second-order valence-electron chi connectivity index (χ2n) is 8.03. The van der Waals surface area contributed by atoms with Gasteiger partial charge in [0.05, 0.1) is 6.16 Å². The molecule has 9 heteroatoms. The van der Waals surface area contributed by atoms with E-state index in [2.05, 4.69) is 5.32 Å². The Labute approximate surface area is 183 Å². The number of nitrogens with one attached hydrogen (secondary N) is 1. The van der Waals surface area contributed by atoms with Crippen molar-refractivity contribution >= 4 is 25.6 Å². The van der Waals surface area contributed by atoms with Crippen LogP contribution >= 0.6 is 7.80 Å². The minimum absolute atomic E-state index is 0.00394. The summed E-state index contributed by atoms with van der Waals surface area (Å²) in [5, 5.41) is 23.0. The molecule has 1 fully saturated rings. The third-order valence-electron chi connectivity index (χ3n) is 5.60. The lowest BCUT2D eigenvalue weighted by Crippen LogP contribution is -2.48. The molecular formula is C22H33N2O6P. The van der Waals surface area contributed by atoms with Gasteiger partial charge in [-0.25, -0.2) is 4.79 Å². The molecule has 0 aromatic heterocycles. The van der Waals surface area contributed by atoms with Gasteiger partial charge < -0.3 is 25.0 Å². The molecule has 2 rings (SSSR count). The zero-order chi connectivity index (χ0) is 22.9. The number of hydrogen-bond donors (Lipinski definition) is 3. The second-order valence-corrected chi connectivity index (χ2v) is 10.1. The molecule has 0 spiro atoms. The van der Waals surface area contributed by atoms with Gasteiger partial charge >= 0.3 is 5.97 Å². The minimum atomic E-state index is -3.02. The van der Waals surface area contributed by atoms with Crippen LogP contribution in [0.4, 0.5) is 0 Å². The average molecular weight is 452 g/mol. The van der Waals surface area contributed by atoms with E-state index in [1.807, 2.05) is 37.3 Å². The summed E-state index contributed by atoms with van der Waals surface area (Å²) in [5.74, 6) is -2.05. The highest BCUT2D eigenvalue weighted by molar-refractivity contribution is 7.47. The Morgan fingerprint density at radius 2 is 1.94 bits per heavy atom. The van der Waals surface area contributed by atoms with Crippen LogP contribution in [0, 0.1) is 0 Å². The number of unbranched alkanes of at least 4 members (excludes halogenated alkanes) is 2. The van der Waals surface area contributed by atoms with Crippen LogP contribution in [-0.2, 0) is 25.4 Å². The maximum Gasteiger partial charge on any atom is 0.326 e. The lowest BCUT2D eigenvalue weighted by Gasteiger charge is -2.30. The SMILES string of the molecule is CCCCCC(=O)NC(O)(CCc1ccccc1)[PH](=O)CC(=O)N1CCC[C@H]1C(=O)O. The summed E-state index contributed by atoms with van der Waals surface area (Å²) in [6.45, 7) is 2.30. The molecule has 1 aliphatic rings. The van der Waals surface area contributed by atoms with Crippen LogP contribution in [-0.4, -0.2) is 57.1 Å². The summed E-state index contributed by atoms with van der Waals surface area (Å²) in [7, 11) is -3.02. The van der Waals surface area contributed by atoms with E-state index in [0.717, 1.165) is 18.4 Å². The Hall–Kier alpha value is -2.18. The first-order chi connectivity index (χ1) is 14.8. The maximum atomic E-state index is 13.1. The van der Waals surface area contributed by atoms with Crippen LogP contribution in [0.3, 0.4) is 0 Å². The number of carbonyl (C=O) groups is 3.